The maximum atomic E-state index is 13.9. The summed E-state index contributed by atoms with van der Waals surface area (Å²) in [6, 6.07) is 18.5. The highest BCUT2D eigenvalue weighted by Gasteiger charge is 2.33. The summed E-state index contributed by atoms with van der Waals surface area (Å²) in [5.74, 6) is 0.0825. The lowest BCUT2D eigenvalue weighted by Crippen LogP contribution is -2.51. The van der Waals surface area contributed by atoms with E-state index in [9.17, 15) is 18.0 Å². The van der Waals surface area contributed by atoms with Crippen LogP contribution >= 0.6 is 11.6 Å². The van der Waals surface area contributed by atoms with Crippen molar-refractivity contribution >= 4 is 39.1 Å². The number of nitrogens with zero attached hydrogens (tertiary/aromatic N) is 2. The number of amides is 2. The smallest absolute Gasteiger partial charge is 0.264 e. The SMILES string of the molecule is CCC(C(=O)NC)N(Cc1ccc(OC)cc1)C(=O)CN(c1ccc(OC)c(Cl)c1)S(=O)(=O)c1ccccc1. The molecule has 0 heterocycles. The number of hydrogen-bond acceptors (Lipinski definition) is 6. The van der Waals surface area contributed by atoms with Gasteiger partial charge in [-0.05, 0) is 54.4 Å². The summed E-state index contributed by atoms with van der Waals surface area (Å²) >= 11 is 6.33. The van der Waals surface area contributed by atoms with Gasteiger partial charge in [0.2, 0.25) is 11.8 Å². The van der Waals surface area contributed by atoms with Crippen molar-refractivity contribution in [1.29, 1.82) is 0 Å². The van der Waals surface area contributed by atoms with Gasteiger partial charge in [0.25, 0.3) is 10.0 Å². The van der Waals surface area contributed by atoms with Crippen LogP contribution < -0.4 is 19.1 Å². The largest absolute Gasteiger partial charge is 0.497 e. The summed E-state index contributed by atoms with van der Waals surface area (Å²) in [5.41, 5.74) is 0.923. The molecule has 3 rings (SSSR count). The predicted molar refractivity (Wildman–Crippen MR) is 151 cm³/mol. The van der Waals surface area contributed by atoms with Crippen LogP contribution in [0.5, 0.6) is 11.5 Å². The van der Waals surface area contributed by atoms with Crippen molar-refractivity contribution < 1.29 is 27.5 Å². The average Bonchev–Trinajstić information content (AvgIpc) is 2.96. The van der Waals surface area contributed by atoms with Gasteiger partial charge in [0, 0.05) is 13.6 Å². The Kier molecular flexibility index (Phi) is 10.2. The van der Waals surface area contributed by atoms with E-state index in [0.717, 1.165) is 9.87 Å². The van der Waals surface area contributed by atoms with Crippen molar-refractivity contribution in [2.75, 3.05) is 32.1 Å². The normalized spacial score (nSPS) is 11.8. The fourth-order valence-electron chi connectivity index (χ4n) is 4.07. The molecule has 2 amide bonds. The van der Waals surface area contributed by atoms with Gasteiger partial charge in [-0.15, -0.1) is 0 Å². The highest BCUT2D eigenvalue weighted by molar-refractivity contribution is 7.92. The lowest BCUT2D eigenvalue weighted by Gasteiger charge is -2.33. The van der Waals surface area contributed by atoms with Crippen molar-refractivity contribution in [3.63, 3.8) is 0 Å². The van der Waals surface area contributed by atoms with Crippen molar-refractivity contribution in [2.24, 2.45) is 0 Å². The molecule has 1 atom stereocenters. The molecule has 9 nitrogen and oxygen atoms in total. The second kappa shape index (κ2) is 13.3. The van der Waals surface area contributed by atoms with E-state index < -0.39 is 28.5 Å². The van der Waals surface area contributed by atoms with Crippen LogP contribution in [0.1, 0.15) is 18.9 Å². The van der Waals surface area contributed by atoms with E-state index in [4.69, 9.17) is 21.1 Å². The first-order chi connectivity index (χ1) is 18.7. The van der Waals surface area contributed by atoms with E-state index in [-0.39, 0.29) is 28.1 Å². The van der Waals surface area contributed by atoms with E-state index in [1.165, 1.54) is 49.4 Å². The Morgan fingerprint density at radius 2 is 1.64 bits per heavy atom. The Labute approximate surface area is 234 Å². The van der Waals surface area contributed by atoms with Crippen molar-refractivity contribution in [3.8, 4) is 11.5 Å². The summed E-state index contributed by atoms with van der Waals surface area (Å²) in [5, 5.41) is 2.78. The third kappa shape index (κ3) is 7.01. The molecular formula is C28H32ClN3O6S. The van der Waals surface area contributed by atoms with Crippen LogP contribution in [0, 0.1) is 0 Å². The molecule has 0 bridgehead atoms. The minimum atomic E-state index is -4.19. The Balaban J connectivity index is 2.07. The molecule has 0 aliphatic carbocycles. The average molecular weight is 574 g/mol. The van der Waals surface area contributed by atoms with Gasteiger partial charge in [0.15, 0.2) is 0 Å². The second-order valence-corrected chi connectivity index (χ2v) is 10.8. The summed E-state index contributed by atoms with van der Waals surface area (Å²) in [6.45, 7) is 1.30. The van der Waals surface area contributed by atoms with Crippen LogP contribution in [0.3, 0.4) is 0 Å². The second-order valence-electron chi connectivity index (χ2n) is 8.55. The maximum Gasteiger partial charge on any atom is 0.264 e. The number of ether oxygens (including phenoxy) is 2. The zero-order valence-electron chi connectivity index (χ0n) is 22.3. The quantitative estimate of drug-likeness (QED) is 0.350. The van der Waals surface area contributed by atoms with E-state index in [2.05, 4.69) is 5.32 Å². The molecular weight excluding hydrogens is 542 g/mol. The first kappa shape index (κ1) is 29.8. The van der Waals surface area contributed by atoms with Gasteiger partial charge in [-0.1, -0.05) is 48.9 Å². The summed E-state index contributed by atoms with van der Waals surface area (Å²) in [4.78, 5) is 28.1. The number of carbonyl (C=O) groups excluding carboxylic acids is 2. The third-order valence-electron chi connectivity index (χ3n) is 6.18. The van der Waals surface area contributed by atoms with Gasteiger partial charge < -0.3 is 19.7 Å². The molecule has 0 radical (unpaired) electrons. The molecule has 3 aromatic carbocycles. The Hall–Kier alpha value is -3.76. The maximum absolute atomic E-state index is 13.9. The number of methoxy groups -OCH3 is 2. The lowest BCUT2D eigenvalue weighted by atomic mass is 10.1. The van der Waals surface area contributed by atoms with Gasteiger partial charge in [-0.25, -0.2) is 8.42 Å². The van der Waals surface area contributed by atoms with Gasteiger partial charge in [-0.2, -0.15) is 0 Å². The minimum Gasteiger partial charge on any atom is -0.497 e. The molecule has 0 saturated heterocycles. The monoisotopic (exact) mass is 573 g/mol. The molecule has 0 spiro atoms. The van der Waals surface area contributed by atoms with E-state index in [1.54, 1.807) is 56.5 Å². The molecule has 0 saturated carbocycles. The van der Waals surface area contributed by atoms with Gasteiger partial charge in [0.1, 0.15) is 24.1 Å². The third-order valence-corrected chi connectivity index (χ3v) is 8.26. The number of sulfonamides is 1. The van der Waals surface area contributed by atoms with Crippen LogP contribution in [0.2, 0.25) is 5.02 Å². The van der Waals surface area contributed by atoms with Crippen LogP contribution in [-0.2, 0) is 26.2 Å². The highest BCUT2D eigenvalue weighted by atomic mass is 35.5. The van der Waals surface area contributed by atoms with Crippen molar-refractivity contribution in [2.45, 2.75) is 30.8 Å². The van der Waals surface area contributed by atoms with Crippen LogP contribution in [0.4, 0.5) is 5.69 Å². The zero-order valence-corrected chi connectivity index (χ0v) is 23.8. The molecule has 0 aromatic heterocycles. The molecule has 11 heteroatoms. The number of hydrogen-bond donors (Lipinski definition) is 1. The van der Waals surface area contributed by atoms with Gasteiger partial charge >= 0.3 is 0 Å². The summed E-state index contributed by atoms with van der Waals surface area (Å²) in [7, 11) is 0.303. The fourth-order valence-corrected chi connectivity index (χ4v) is 5.75. The van der Waals surface area contributed by atoms with E-state index >= 15 is 0 Å². The molecule has 3 aromatic rings. The number of likely N-dealkylation sites (N-methyl/N-ethyl adjacent to an activating group) is 1. The number of anilines is 1. The Bertz CT molecular complexity index is 1380. The Morgan fingerprint density at radius 1 is 0.974 bits per heavy atom. The molecule has 0 aliphatic heterocycles. The zero-order chi connectivity index (χ0) is 28.6. The first-order valence-electron chi connectivity index (χ1n) is 12.2. The first-order valence-corrected chi connectivity index (χ1v) is 14.0. The van der Waals surface area contributed by atoms with E-state index in [1.807, 2.05) is 0 Å². The number of rotatable bonds is 12. The van der Waals surface area contributed by atoms with E-state index in [0.29, 0.717) is 17.9 Å². The Morgan fingerprint density at radius 3 is 2.18 bits per heavy atom. The molecule has 1 N–H and O–H groups in total. The van der Waals surface area contributed by atoms with Crippen LogP contribution in [0.25, 0.3) is 0 Å². The van der Waals surface area contributed by atoms with Crippen LogP contribution in [0.15, 0.2) is 77.7 Å². The number of nitrogens with one attached hydrogen (secondary N) is 1. The molecule has 39 heavy (non-hydrogen) atoms. The van der Waals surface area contributed by atoms with Crippen molar-refractivity contribution in [3.05, 3.63) is 83.4 Å². The van der Waals surface area contributed by atoms with Gasteiger partial charge in [-0.3, -0.25) is 13.9 Å². The predicted octanol–water partition coefficient (Wildman–Crippen LogP) is 4.11. The number of benzene rings is 3. The van der Waals surface area contributed by atoms with Gasteiger partial charge in [0.05, 0.1) is 29.8 Å². The standard InChI is InChI=1S/C28H32ClN3O6S/c1-5-25(28(34)30-2)31(18-20-11-14-22(37-3)15-12-20)27(33)19-32(21-13-16-26(38-4)24(29)17-21)39(35,36)23-9-7-6-8-10-23/h6-17,25H,5,18-19H2,1-4H3,(H,30,34). The summed E-state index contributed by atoms with van der Waals surface area (Å²) < 4.78 is 39.0. The molecule has 1 unspecified atom stereocenters. The number of halogens is 1. The minimum absolute atomic E-state index is 0.00443. The molecule has 208 valence electrons. The highest BCUT2D eigenvalue weighted by Crippen LogP contribution is 2.32. The molecule has 0 fully saturated rings. The van der Waals surface area contributed by atoms with Crippen molar-refractivity contribution in [1.82, 2.24) is 10.2 Å². The lowest BCUT2D eigenvalue weighted by molar-refractivity contribution is -0.140. The topological polar surface area (TPSA) is 105 Å². The van der Waals surface area contributed by atoms with Crippen LogP contribution in [-0.4, -0.2) is 59.0 Å². The summed E-state index contributed by atoms with van der Waals surface area (Å²) in [6.07, 6.45) is 0.321. The number of carbonyl (C=O) groups is 2. The fraction of sp³-hybridized carbons (Fsp3) is 0.286. The molecule has 0 aliphatic rings.